The fourth-order valence-electron chi connectivity index (χ4n) is 7.14. The van der Waals surface area contributed by atoms with E-state index in [0.717, 1.165) is 30.8 Å². The van der Waals surface area contributed by atoms with Crippen LogP contribution in [0.2, 0.25) is 0 Å². The molecular formula is C35H44N4O3. The Hall–Kier alpha value is -3.68. The lowest BCUT2D eigenvalue weighted by atomic mass is 9.65. The molecule has 4 N–H and O–H groups in total. The van der Waals surface area contributed by atoms with Crippen LogP contribution in [0.4, 0.5) is 0 Å². The van der Waals surface area contributed by atoms with Crippen molar-refractivity contribution in [1.29, 1.82) is 0 Å². The third kappa shape index (κ3) is 6.69. The molecule has 3 saturated heterocycles. The van der Waals surface area contributed by atoms with Gasteiger partial charge in [-0.15, -0.1) is 0 Å². The smallest absolute Gasteiger partial charge is 0.236 e. The number of hydrogen-bond acceptors (Lipinski definition) is 5. The molecule has 3 heterocycles. The van der Waals surface area contributed by atoms with Crippen molar-refractivity contribution >= 4 is 11.8 Å². The lowest BCUT2D eigenvalue weighted by molar-refractivity contribution is -0.127. The van der Waals surface area contributed by atoms with Crippen LogP contribution in [0.1, 0.15) is 60.8 Å². The number of carbonyl (C=O) groups excluding carboxylic acids is 2. The van der Waals surface area contributed by atoms with Crippen molar-refractivity contribution in [3.63, 3.8) is 0 Å². The summed E-state index contributed by atoms with van der Waals surface area (Å²) in [5.41, 5.74) is 10.3. The monoisotopic (exact) mass is 568 g/mol. The number of benzene rings is 3. The van der Waals surface area contributed by atoms with Crippen molar-refractivity contribution in [3.05, 3.63) is 101 Å². The molecule has 1 unspecified atom stereocenters. The number of nitrogens with zero attached hydrogens (tertiary/aromatic N) is 1. The summed E-state index contributed by atoms with van der Waals surface area (Å²) in [5.74, 6) is 1.31. The number of nitrogens with two attached hydrogens (primary N) is 1. The van der Waals surface area contributed by atoms with Crippen LogP contribution in [0, 0.1) is 11.8 Å². The summed E-state index contributed by atoms with van der Waals surface area (Å²) >= 11 is 0. The van der Waals surface area contributed by atoms with Gasteiger partial charge in [0.1, 0.15) is 5.75 Å². The Bertz CT molecular complexity index is 1310. The normalized spacial score (nSPS) is 23.2. The number of methoxy groups -OCH3 is 1. The highest BCUT2D eigenvalue weighted by atomic mass is 16.5. The van der Waals surface area contributed by atoms with Gasteiger partial charge in [0.2, 0.25) is 11.8 Å². The van der Waals surface area contributed by atoms with Gasteiger partial charge < -0.3 is 21.1 Å². The fourth-order valence-corrected chi connectivity index (χ4v) is 7.14. The van der Waals surface area contributed by atoms with Crippen molar-refractivity contribution in [2.45, 2.75) is 57.2 Å². The number of ether oxygens (including phenoxy) is 1. The Morgan fingerprint density at radius 2 is 1.64 bits per heavy atom. The lowest BCUT2D eigenvalue weighted by Crippen LogP contribution is -2.67. The summed E-state index contributed by atoms with van der Waals surface area (Å²) in [7, 11) is 1.73. The van der Waals surface area contributed by atoms with E-state index in [0.29, 0.717) is 24.8 Å². The quantitative estimate of drug-likeness (QED) is 0.301. The number of primary amides is 1. The van der Waals surface area contributed by atoms with Gasteiger partial charge in [0.05, 0.1) is 13.7 Å². The molecule has 7 nitrogen and oxygen atoms in total. The van der Waals surface area contributed by atoms with Crippen LogP contribution in [0.15, 0.2) is 78.9 Å². The molecule has 2 amide bonds. The summed E-state index contributed by atoms with van der Waals surface area (Å²) in [6.45, 7) is 6.81. The fraction of sp³-hybridized carbons (Fsp3) is 0.429. The molecule has 0 aromatic heterocycles. The Labute approximate surface area is 249 Å². The first-order valence-corrected chi connectivity index (χ1v) is 15.1. The molecule has 3 fully saturated rings. The van der Waals surface area contributed by atoms with E-state index in [2.05, 4.69) is 108 Å². The van der Waals surface area contributed by atoms with Crippen LogP contribution in [0.3, 0.4) is 0 Å². The van der Waals surface area contributed by atoms with Crippen molar-refractivity contribution in [2.75, 3.05) is 26.7 Å². The zero-order chi connectivity index (χ0) is 29.6. The van der Waals surface area contributed by atoms with Crippen molar-refractivity contribution in [1.82, 2.24) is 15.5 Å². The number of rotatable bonds is 12. The van der Waals surface area contributed by atoms with Crippen molar-refractivity contribution < 1.29 is 14.3 Å². The van der Waals surface area contributed by atoms with Gasteiger partial charge in [-0.1, -0.05) is 86.6 Å². The Morgan fingerprint density at radius 1 is 0.976 bits per heavy atom. The minimum absolute atomic E-state index is 0.114. The van der Waals surface area contributed by atoms with Crippen molar-refractivity contribution in [3.8, 4) is 5.75 Å². The Kier molecular flexibility index (Phi) is 9.60. The van der Waals surface area contributed by atoms with Crippen molar-refractivity contribution in [2.24, 2.45) is 17.6 Å². The van der Waals surface area contributed by atoms with Crippen LogP contribution in [0.25, 0.3) is 0 Å². The zero-order valence-corrected chi connectivity index (χ0v) is 25.0. The first kappa shape index (κ1) is 29.8. The zero-order valence-electron chi connectivity index (χ0n) is 25.0. The summed E-state index contributed by atoms with van der Waals surface area (Å²) in [4.78, 5) is 26.7. The molecular weight excluding hydrogens is 524 g/mol. The molecule has 222 valence electrons. The average molecular weight is 569 g/mol. The summed E-state index contributed by atoms with van der Waals surface area (Å²) in [6, 6.07) is 28.4. The maximum Gasteiger partial charge on any atom is 0.236 e. The van der Waals surface area contributed by atoms with E-state index in [-0.39, 0.29) is 36.4 Å². The van der Waals surface area contributed by atoms with Crippen LogP contribution in [-0.2, 0) is 16.1 Å². The van der Waals surface area contributed by atoms with Gasteiger partial charge in [-0.05, 0) is 53.5 Å². The van der Waals surface area contributed by atoms with Gasteiger partial charge in [0.25, 0.3) is 0 Å². The molecule has 2 bridgehead atoms. The van der Waals surface area contributed by atoms with E-state index >= 15 is 0 Å². The molecule has 5 atom stereocenters. The first-order chi connectivity index (χ1) is 20.4. The third-order valence-electron chi connectivity index (χ3n) is 9.14. The molecule has 6 rings (SSSR count). The lowest BCUT2D eigenvalue weighted by Gasteiger charge is -2.57. The number of fused-ring (bicyclic) bond motifs is 3. The molecule has 42 heavy (non-hydrogen) atoms. The van der Waals surface area contributed by atoms with E-state index in [1.54, 1.807) is 7.11 Å². The summed E-state index contributed by atoms with van der Waals surface area (Å²) < 4.78 is 5.77. The second-order valence-corrected chi connectivity index (χ2v) is 12.1. The second-order valence-electron chi connectivity index (χ2n) is 12.1. The largest absolute Gasteiger partial charge is 0.496 e. The SMILES string of the molecule is COc1ccc(C(C)C)cc1CN[C@H]1[C@H]2CCN(C[C@@H]2CC(=O)NCC(N)=O)[C@H]1C(c1ccccc1)c1ccccc1. The van der Waals surface area contributed by atoms with E-state index < -0.39 is 5.91 Å². The van der Waals surface area contributed by atoms with Crippen LogP contribution >= 0.6 is 0 Å². The highest BCUT2D eigenvalue weighted by Crippen LogP contribution is 2.45. The molecule has 3 aromatic rings. The molecule has 0 spiro atoms. The topological polar surface area (TPSA) is 96.7 Å². The summed E-state index contributed by atoms with van der Waals surface area (Å²) in [5, 5.41) is 6.72. The minimum Gasteiger partial charge on any atom is -0.496 e. The van der Waals surface area contributed by atoms with Gasteiger partial charge in [-0.3, -0.25) is 14.5 Å². The van der Waals surface area contributed by atoms with E-state index in [1.165, 1.54) is 16.7 Å². The molecule has 7 heteroatoms. The Balaban J connectivity index is 1.50. The molecule has 3 aromatic carbocycles. The van der Waals surface area contributed by atoms with E-state index in [4.69, 9.17) is 10.5 Å². The molecule has 3 aliphatic rings. The maximum atomic E-state index is 12.8. The van der Waals surface area contributed by atoms with Gasteiger partial charge in [-0.25, -0.2) is 0 Å². The molecule has 0 radical (unpaired) electrons. The van der Waals surface area contributed by atoms with E-state index in [9.17, 15) is 9.59 Å². The van der Waals surface area contributed by atoms with Gasteiger partial charge in [0.15, 0.2) is 0 Å². The second kappa shape index (κ2) is 13.5. The third-order valence-corrected chi connectivity index (χ3v) is 9.14. The standard InChI is InChI=1S/C35H44N4O3/c1-23(2)26-14-15-30(42-3)27(18-26)20-38-34-29-16-17-39(22-28(29)19-32(41)37-21-31(36)40)35(34)33(24-10-6-4-7-11-24)25-12-8-5-9-13-25/h4-15,18,23,28-29,33-35,38H,16-17,19-22H2,1-3H3,(H2,36,40)(H,37,41)/t28-,29-,34-,35-/m0/s1. The number of hydrogen-bond donors (Lipinski definition) is 3. The number of nitrogens with one attached hydrogen (secondary N) is 2. The molecule has 0 aliphatic carbocycles. The average Bonchev–Trinajstić information content (AvgIpc) is 3.01. The van der Waals surface area contributed by atoms with Crippen LogP contribution < -0.4 is 21.1 Å². The highest BCUT2D eigenvalue weighted by molar-refractivity contribution is 5.83. The number of amides is 2. The van der Waals surface area contributed by atoms with Gasteiger partial charge >= 0.3 is 0 Å². The first-order valence-electron chi connectivity index (χ1n) is 15.1. The number of carbonyl (C=O) groups is 2. The van der Waals surface area contributed by atoms with Gasteiger partial charge in [-0.2, -0.15) is 0 Å². The van der Waals surface area contributed by atoms with Gasteiger partial charge in [0, 0.05) is 43.1 Å². The highest BCUT2D eigenvalue weighted by Gasteiger charge is 2.50. The maximum absolute atomic E-state index is 12.8. The predicted molar refractivity (Wildman–Crippen MR) is 166 cm³/mol. The molecule has 3 aliphatic heterocycles. The van der Waals surface area contributed by atoms with E-state index in [1.807, 2.05) is 0 Å². The molecule has 0 saturated carbocycles. The Morgan fingerprint density at radius 3 is 2.24 bits per heavy atom. The van der Waals surface area contributed by atoms with Crippen LogP contribution in [-0.4, -0.2) is 55.5 Å². The minimum atomic E-state index is -0.525. The predicted octanol–water partition coefficient (Wildman–Crippen LogP) is 4.42. The number of piperidine rings is 3. The van der Waals surface area contributed by atoms with Crippen LogP contribution in [0.5, 0.6) is 5.75 Å². The summed E-state index contributed by atoms with van der Waals surface area (Å²) in [6.07, 6.45) is 1.40.